The SMILES string of the molecule is O=C(NC1COC2(CCN(c3nc4ccccc4[nH]3)CC2)C1)c1ccc(-c2cccc(F)c2)nc1. The number of imidazole rings is 1. The van der Waals surface area contributed by atoms with Crippen molar-refractivity contribution >= 4 is 22.9 Å². The van der Waals surface area contributed by atoms with Crippen LogP contribution in [-0.2, 0) is 4.74 Å². The summed E-state index contributed by atoms with van der Waals surface area (Å²) in [4.78, 5) is 27.6. The van der Waals surface area contributed by atoms with Gasteiger partial charge in [-0.2, -0.15) is 0 Å². The lowest BCUT2D eigenvalue weighted by Crippen LogP contribution is -2.45. The van der Waals surface area contributed by atoms with Crippen LogP contribution in [0.5, 0.6) is 0 Å². The number of nitrogens with one attached hydrogen (secondary N) is 2. The van der Waals surface area contributed by atoms with Gasteiger partial charge in [0.05, 0.1) is 40.5 Å². The lowest BCUT2D eigenvalue weighted by atomic mass is 9.87. The molecule has 1 amide bonds. The smallest absolute Gasteiger partial charge is 0.253 e. The number of rotatable bonds is 4. The highest BCUT2D eigenvalue weighted by Gasteiger charge is 2.43. The molecule has 0 radical (unpaired) electrons. The van der Waals surface area contributed by atoms with Crippen molar-refractivity contribution in [3.8, 4) is 11.3 Å². The summed E-state index contributed by atoms with van der Waals surface area (Å²) in [5.74, 6) is 0.413. The first-order chi connectivity index (χ1) is 17.1. The normalized spacial score (nSPS) is 19.3. The number of anilines is 1. The molecule has 2 fully saturated rings. The number of fused-ring (bicyclic) bond motifs is 1. The van der Waals surface area contributed by atoms with Crippen LogP contribution in [0.1, 0.15) is 29.6 Å². The zero-order valence-electron chi connectivity index (χ0n) is 19.2. The summed E-state index contributed by atoms with van der Waals surface area (Å²) in [5.41, 5.74) is 3.59. The predicted octanol–water partition coefficient (Wildman–Crippen LogP) is 4.32. The minimum absolute atomic E-state index is 0.0388. The topological polar surface area (TPSA) is 83.1 Å². The first-order valence-electron chi connectivity index (χ1n) is 11.9. The summed E-state index contributed by atoms with van der Waals surface area (Å²) in [7, 11) is 0. The highest BCUT2D eigenvalue weighted by atomic mass is 19.1. The molecule has 7 nitrogen and oxygen atoms in total. The van der Waals surface area contributed by atoms with Crippen LogP contribution in [0.2, 0.25) is 0 Å². The van der Waals surface area contributed by atoms with Crippen molar-refractivity contribution in [2.24, 2.45) is 0 Å². The van der Waals surface area contributed by atoms with Gasteiger partial charge in [0.1, 0.15) is 5.82 Å². The standard InChI is InChI=1S/C27H26FN5O2/c28-20-5-3-4-18(14-20)22-9-8-19(16-29-22)25(34)30-21-15-27(35-17-21)10-12-33(13-11-27)26-31-23-6-1-2-7-24(23)32-26/h1-9,14,16,21H,10-13,15,17H2,(H,30,34)(H,31,32). The number of hydrogen-bond acceptors (Lipinski definition) is 5. The molecule has 1 spiro atoms. The van der Waals surface area contributed by atoms with E-state index < -0.39 is 0 Å². The van der Waals surface area contributed by atoms with Gasteiger partial charge in [0.15, 0.2) is 0 Å². The van der Waals surface area contributed by atoms with Gasteiger partial charge in [0.2, 0.25) is 5.95 Å². The van der Waals surface area contributed by atoms with Crippen LogP contribution >= 0.6 is 0 Å². The molecular formula is C27H26FN5O2. The molecule has 8 heteroatoms. The van der Waals surface area contributed by atoms with Gasteiger partial charge < -0.3 is 19.9 Å². The van der Waals surface area contributed by atoms with Crippen molar-refractivity contribution in [1.82, 2.24) is 20.3 Å². The van der Waals surface area contributed by atoms with E-state index in [-0.39, 0.29) is 23.4 Å². The molecule has 4 aromatic rings. The number of amides is 1. The van der Waals surface area contributed by atoms with Crippen molar-refractivity contribution in [1.29, 1.82) is 0 Å². The van der Waals surface area contributed by atoms with E-state index in [2.05, 4.69) is 20.2 Å². The maximum atomic E-state index is 13.5. The Morgan fingerprint density at radius 1 is 1.11 bits per heavy atom. The number of carbonyl (C=O) groups excluding carboxylic acids is 1. The minimum Gasteiger partial charge on any atom is -0.373 e. The molecule has 0 bridgehead atoms. The molecular weight excluding hydrogens is 445 g/mol. The Bertz CT molecular complexity index is 1330. The van der Waals surface area contributed by atoms with Gasteiger partial charge in [-0.15, -0.1) is 0 Å². The van der Waals surface area contributed by atoms with E-state index in [1.54, 1.807) is 24.3 Å². The van der Waals surface area contributed by atoms with Crippen LogP contribution in [0.4, 0.5) is 10.3 Å². The first-order valence-corrected chi connectivity index (χ1v) is 11.9. The molecule has 4 heterocycles. The number of piperidine rings is 1. The summed E-state index contributed by atoms with van der Waals surface area (Å²) >= 11 is 0. The second kappa shape index (κ2) is 8.78. The highest BCUT2D eigenvalue weighted by molar-refractivity contribution is 5.94. The molecule has 6 rings (SSSR count). The highest BCUT2D eigenvalue weighted by Crippen LogP contribution is 2.37. The average molecular weight is 472 g/mol. The lowest BCUT2D eigenvalue weighted by molar-refractivity contribution is -0.0151. The second-order valence-electron chi connectivity index (χ2n) is 9.38. The van der Waals surface area contributed by atoms with Crippen molar-refractivity contribution in [3.05, 3.63) is 78.2 Å². The molecule has 178 valence electrons. The fourth-order valence-electron chi connectivity index (χ4n) is 5.12. The van der Waals surface area contributed by atoms with E-state index >= 15 is 0 Å². The summed E-state index contributed by atoms with van der Waals surface area (Å²) in [6, 6.07) is 17.7. The fourth-order valence-corrected chi connectivity index (χ4v) is 5.12. The average Bonchev–Trinajstić information content (AvgIpc) is 3.49. The van der Waals surface area contributed by atoms with Crippen molar-refractivity contribution in [2.45, 2.75) is 30.9 Å². The number of ether oxygens (including phenoxy) is 1. The van der Waals surface area contributed by atoms with Gasteiger partial charge in [0.25, 0.3) is 5.91 Å². The zero-order valence-corrected chi connectivity index (χ0v) is 19.2. The minimum atomic E-state index is -0.315. The number of aromatic nitrogens is 3. The Kier molecular flexibility index (Phi) is 5.45. The van der Waals surface area contributed by atoms with Crippen LogP contribution in [0, 0.1) is 5.82 Å². The molecule has 0 aliphatic carbocycles. The van der Waals surface area contributed by atoms with Crippen LogP contribution in [-0.4, -0.2) is 52.2 Å². The van der Waals surface area contributed by atoms with Crippen LogP contribution < -0.4 is 10.2 Å². The summed E-state index contributed by atoms with van der Waals surface area (Å²) in [6.07, 6.45) is 4.11. The number of H-pyrrole nitrogens is 1. The molecule has 2 aliphatic heterocycles. The third-order valence-electron chi connectivity index (χ3n) is 7.04. The number of hydrogen-bond donors (Lipinski definition) is 2. The van der Waals surface area contributed by atoms with E-state index in [1.165, 1.54) is 18.3 Å². The largest absolute Gasteiger partial charge is 0.373 e. The second-order valence-corrected chi connectivity index (χ2v) is 9.38. The molecule has 2 N–H and O–H groups in total. The predicted molar refractivity (Wildman–Crippen MR) is 132 cm³/mol. The molecule has 1 unspecified atom stereocenters. The van der Waals surface area contributed by atoms with Crippen LogP contribution in [0.3, 0.4) is 0 Å². The Hall–Kier alpha value is -3.78. The first kappa shape index (κ1) is 21.7. The van der Waals surface area contributed by atoms with Crippen molar-refractivity contribution < 1.29 is 13.9 Å². The third kappa shape index (κ3) is 4.37. The number of pyridine rings is 1. The summed E-state index contributed by atoms with van der Waals surface area (Å²) < 4.78 is 19.7. The van der Waals surface area contributed by atoms with Gasteiger partial charge in [-0.05, 0) is 55.7 Å². The number of para-hydroxylation sites is 2. The quantitative estimate of drug-likeness (QED) is 0.463. The number of carbonyl (C=O) groups is 1. The van der Waals surface area contributed by atoms with Gasteiger partial charge in [-0.3, -0.25) is 9.78 Å². The Balaban J connectivity index is 1.05. The molecule has 1 atom stereocenters. The number of halogens is 1. The lowest BCUT2D eigenvalue weighted by Gasteiger charge is -2.38. The van der Waals surface area contributed by atoms with E-state index in [9.17, 15) is 9.18 Å². The van der Waals surface area contributed by atoms with E-state index in [0.717, 1.165) is 49.3 Å². The van der Waals surface area contributed by atoms with Gasteiger partial charge in [0, 0.05) is 24.8 Å². The number of nitrogens with zero attached hydrogens (tertiary/aromatic N) is 3. The van der Waals surface area contributed by atoms with Crippen LogP contribution in [0.25, 0.3) is 22.3 Å². The number of benzene rings is 2. The van der Waals surface area contributed by atoms with Gasteiger partial charge in [-0.1, -0.05) is 24.3 Å². The Morgan fingerprint density at radius 2 is 1.97 bits per heavy atom. The van der Waals surface area contributed by atoms with Crippen molar-refractivity contribution in [3.63, 3.8) is 0 Å². The Labute approximate surface area is 202 Å². The van der Waals surface area contributed by atoms with Gasteiger partial charge in [-0.25, -0.2) is 9.37 Å². The zero-order chi connectivity index (χ0) is 23.8. The monoisotopic (exact) mass is 471 g/mol. The third-order valence-corrected chi connectivity index (χ3v) is 7.04. The fraction of sp³-hybridized carbons (Fsp3) is 0.296. The van der Waals surface area contributed by atoms with Crippen LogP contribution in [0.15, 0.2) is 66.9 Å². The summed E-state index contributed by atoms with van der Waals surface area (Å²) in [5, 5.41) is 3.10. The molecule has 0 saturated carbocycles. The molecule has 2 aromatic heterocycles. The number of aromatic amines is 1. The van der Waals surface area contributed by atoms with E-state index in [0.29, 0.717) is 23.4 Å². The molecule has 2 aromatic carbocycles. The maximum Gasteiger partial charge on any atom is 0.253 e. The summed E-state index contributed by atoms with van der Waals surface area (Å²) in [6.45, 7) is 2.21. The maximum absolute atomic E-state index is 13.5. The van der Waals surface area contributed by atoms with E-state index in [4.69, 9.17) is 9.72 Å². The Morgan fingerprint density at radius 3 is 2.74 bits per heavy atom. The van der Waals surface area contributed by atoms with Gasteiger partial charge >= 0.3 is 0 Å². The molecule has 2 saturated heterocycles. The molecule has 2 aliphatic rings. The molecule has 35 heavy (non-hydrogen) atoms. The van der Waals surface area contributed by atoms with E-state index in [1.807, 2.05) is 24.3 Å². The van der Waals surface area contributed by atoms with Crippen molar-refractivity contribution in [2.75, 3.05) is 24.6 Å².